The first-order chi connectivity index (χ1) is 15.2. The van der Waals surface area contributed by atoms with Crippen LogP contribution in [-0.4, -0.2) is 24.1 Å². The van der Waals surface area contributed by atoms with E-state index in [0.29, 0.717) is 11.5 Å². The summed E-state index contributed by atoms with van der Waals surface area (Å²) in [6.45, 7) is 9.99. The predicted octanol–water partition coefficient (Wildman–Crippen LogP) is 5.88. The Morgan fingerprint density at radius 2 is 1.81 bits per heavy atom. The molecule has 6 nitrogen and oxygen atoms in total. The normalized spacial score (nSPS) is 16.9. The number of hydrogen-bond donors (Lipinski definition) is 0. The molecular formula is C25H23N5O. The fourth-order valence-electron chi connectivity index (χ4n) is 4.35. The molecule has 0 N–H and O–H groups in total. The Balaban J connectivity index is 1.79. The molecule has 31 heavy (non-hydrogen) atoms. The lowest BCUT2D eigenvalue weighted by atomic mass is 10.1. The van der Waals surface area contributed by atoms with Crippen molar-refractivity contribution in [3.63, 3.8) is 0 Å². The number of nitrogens with zero attached hydrogens (tertiary/aromatic N) is 5. The van der Waals surface area contributed by atoms with Gasteiger partial charge >= 0.3 is 0 Å². The van der Waals surface area contributed by atoms with Gasteiger partial charge in [0.2, 0.25) is 5.71 Å². The zero-order valence-corrected chi connectivity index (χ0v) is 17.8. The van der Waals surface area contributed by atoms with Crippen molar-refractivity contribution in [1.82, 2.24) is 4.98 Å². The molecule has 5 rings (SSSR count). The number of fused-ring (bicyclic) bond motifs is 3. The molecule has 0 radical (unpaired) electrons. The molecule has 0 spiro atoms. The van der Waals surface area contributed by atoms with Crippen molar-refractivity contribution in [1.29, 1.82) is 0 Å². The number of anilines is 2. The molecule has 0 fully saturated rings. The quantitative estimate of drug-likeness (QED) is 0.395. The molecule has 154 valence electrons. The minimum atomic E-state index is -0.0907. The molecule has 6 heteroatoms. The van der Waals surface area contributed by atoms with Crippen molar-refractivity contribution in [2.24, 2.45) is 9.98 Å². The van der Waals surface area contributed by atoms with Crippen LogP contribution in [0.4, 0.5) is 11.4 Å². The summed E-state index contributed by atoms with van der Waals surface area (Å²) in [4.78, 5) is 17.8. The topological polar surface area (TPSA) is 57.2 Å². The van der Waals surface area contributed by atoms with Gasteiger partial charge in [-0.05, 0) is 57.3 Å². The van der Waals surface area contributed by atoms with E-state index in [4.69, 9.17) is 4.42 Å². The van der Waals surface area contributed by atoms with Gasteiger partial charge in [0.1, 0.15) is 6.17 Å². The molecule has 0 amide bonds. The van der Waals surface area contributed by atoms with E-state index in [-0.39, 0.29) is 6.17 Å². The van der Waals surface area contributed by atoms with Gasteiger partial charge < -0.3 is 9.32 Å². The standard InChI is InChI=1S/C25H23N5O/c1-5-27-24-23(26-4)30(17(3)29(24)18-10-7-6-8-11-18)21-16(2)13-14-19-20-12-9-15-28-25(20)31-22(19)21/h5-15,17H,4H2,1-3H3/t17-/m0/s1. The van der Waals surface area contributed by atoms with Crippen molar-refractivity contribution >= 4 is 46.4 Å². The van der Waals surface area contributed by atoms with Crippen LogP contribution >= 0.6 is 0 Å². The first-order valence-corrected chi connectivity index (χ1v) is 10.3. The molecule has 4 aromatic rings. The Bertz CT molecular complexity index is 1350. The van der Waals surface area contributed by atoms with Crippen LogP contribution in [0.5, 0.6) is 0 Å². The smallest absolute Gasteiger partial charge is 0.227 e. The maximum atomic E-state index is 6.26. The summed E-state index contributed by atoms with van der Waals surface area (Å²) in [6.07, 6.45) is 3.44. The molecule has 1 atom stereocenters. The number of hydrogen-bond acceptors (Lipinski definition) is 6. The van der Waals surface area contributed by atoms with Crippen LogP contribution in [0.3, 0.4) is 0 Å². The minimum absolute atomic E-state index is 0.0907. The number of aryl methyl sites for hydroxylation is 1. The second-order valence-electron chi connectivity index (χ2n) is 7.47. The maximum Gasteiger partial charge on any atom is 0.227 e. The monoisotopic (exact) mass is 409 g/mol. The zero-order valence-electron chi connectivity index (χ0n) is 17.8. The molecular weight excluding hydrogens is 386 g/mol. The summed E-state index contributed by atoms with van der Waals surface area (Å²) in [5.74, 6) is 1.44. The molecule has 0 saturated carbocycles. The number of para-hydroxylation sites is 1. The summed E-state index contributed by atoms with van der Waals surface area (Å²) in [5, 5.41) is 2.02. The Morgan fingerprint density at radius 1 is 1.00 bits per heavy atom. The molecule has 0 unspecified atom stereocenters. The summed E-state index contributed by atoms with van der Waals surface area (Å²) >= 11 is 0. The van der Waals surface area contributed by atoms with Crippen LogP contribution in [-0.2, 0) is 0 Å². The highest BCUT2D eigenvalue weighted by Gasteiger charge is 2.39. The maximum absolute atomic E-state index is 6.26. The van der Waals surface area contributed by atoms with Crippen LogP contribution in [0, 0.1) is 6.92 Å². The highest BCUT2D eigenvalue weighted by atomic mass is 16.3. The van der Waals surface area contributed by atoms with E-state index < -0.39 is 0 Å². The van der Waals surface area contributed by atoms with Crippen molar-refractivity contribution < 1.29 is 4.42 Å². The van der Waals surface area contributed by atoms with Crippen LogP contribution in [0.15, 0.2) is 86.8 Å². The predicted molar refractivity (Wildman–Crippen MR) is 128 cm³/mol. The van der Waals surface area contributed by atoms with E-state index in [1.54, 1.807) is 12.4 Å². The second-order valence-corrected chi connectivity index (χ2v) is 7.47. The van der Waals surface area contributed by atoms with Crippen LogP contribution in [0.25, 0.3) is 22.1 Å². The van der Waals surface area contributed by atoms with Gasteiger partial charge in [0.15, 0.2) is 17.2 Å². The third kappa shape index (κ3) is 2.83. The van der Waals surface area contributed by atoms with E-state index >= 15 is 0 Å². The Labute approximate surface area is 180 Å². The van der Waals surface area contributed by atoms with Crippen LogP contribution in [0.1, 0.15) is 19.4 Å². The Kier molecular flexibility index (Phi) is 4.55. The lowest BCUT2D eigenvalue weighted by Gasteiger charge is -2.31. The lowest BCUT2D eigenvalue weighted by molar-refractivity contribution is 0.646. The molecule has 3 heterocycles. The molecule has 1 aliphatic heterocycles. The van der Waals surface area contributed by atoms with Gasteiger partial charge in [0, 0.05) is 28.9 Å². The zero-order chi connectivity index (χ0) is 21.5. The highest BCUT2D eigenvalue weighted by Crippen LogP contribution is 2.44. The van der Waals surface area contributed by atoms with E-state index in [1.165, 1.54) is 0 Å². The highest BCUT2D eigenvalue weighted by molar-refractivity contribution is 6.09. The third-order valence-corrected chi connectivity index (χ3v) is 5.67. The fourth-order valence-corrected chi connectivity index (χ4v) is 4.35. The number of aromatic nitrogens is 1. The minimum Gasteiger partial charge on any atom is -0.435 e. The van der Waals surface area contributed by atoms with Crippen LogP contribution < -0.4 is 9.80 Å². The van der Waals surface area contributed by atoms with E-state index in [9.17, 15) is 0 Å². The van der Waals surface area contributed by atoms with E-state index in [0.717, 1.165) is 39.1 Å². The largest absolute Gasteiger partial charge is 0.435 e. The number of aliphatic imine (C=N–C) groups is 2. The Hall–Kier alpha value is -3.93. The van der Waals surface area contributed by atoms with Gasteiger partial charge in [-0.1, -0.05) is 30.3 Å². The van der Waals surface area contributed by atoms with Gasteiger partial charge in [-0.2, -0.15) is 0 Å². The Morgan fingerprint density at radius 3 is 2.55 bits per heavy atom. The first kappa shape index (κ1) is 19.1. The van der Waals surface area contributed by atoms with Gasteiger partial charge in [-0.15, -0.1) is 0 Å². The number of pyridine rings is 1. The number of rotatable bonds is 4. The van der Waals surface area contributed by atoms with Crippen molar-refractivity contribution in [2.45, 2.75) is 26.9 Å². The second kappa shape index (κ2) is 7.40. The van der Waals surface area contributed by atoms with Gasteiger partial charge in [0.25, 0.3) is 0 Å². The van der Waals surface area contributed by atoms with Gasteiger partial charge in [0.05, 0.1) is 5.69 Å². The summed E-state index contributed by atoms with van der Waals surface area (Å²) in [5.41, 5.74) is 4.48. The lowest BCUT2D eigenvalue weighted by Crippen LogP contribution is -2.38. The SMILES string of the molecule is C=NC1=C(N=CC)N(c2ccccc2)[C@H](C)N1c1c(C)ccc2c1oc1ncccc12. The summed E-state index contributed by atoms with van der Waals surface area (Å²) in [6, 6.07) is 18.4. The van der Waals surface area contributed by atoms with Crippen molar-refractivity contribution in [3.05, 3.63) is 78.0 Å². The summed E-state index contributed by atoms with van der Waals surface area (Å²) in [7, 11) is 0. The van der Waals surface area contributed by atoms with E-state index in [2.05, 4.69) is 69.6 Å². The van der Waals surface area contributed by atoms with Crippen molar-refractivity contribution in [3.8, 4) is 0 Å². The van der Waals surface area contributed by atoms with Gasteiger partial charge in [-0.25, -0.2) is 15.0 Å². The van der Waals surface area contributed by atoms with E-state index in [1.807, 2.05) is 37.3 Å². The molecule has 0 bridgehead atoms. The summed E-state index contributed by atoms with van der Waals surface area (Å²) < 4.78 is 6.26. The molecule has 0 aliphatic carbocycles. The molecule has 2 aromatic heterocycles. The average molecular weight is 409 g/mol. The molecule has 1 aliphatic rings. The first-order valence-electron chi connectivity index (χ1n) is 10.3. The third-order valence-electron chi connectivity index (χ3n) is 5.67. The van der Waals surface area contributed by atoms with Gasteiger partial charge in [-0.3, -0.25) is 4.90 Å². The van der Waals surface area contributed by atoms with Crippen LogP contribution in [0.2, 0.25) is 0 Å². The fraction of sp³-hybridized carbons (Fsp3) is 0.160. The molecule has 0 saturated heterocycles. The number of benzene rings is 2. The average Bonchev–Trinajstić information content (AvgIpc) is 3.29. The van der Waals surface area contributed by atoms with Crippen molar-refractivity contribution in [2.75, 3.05) is 9.80 Å². The molecule has 2 aromatic carbocycles. The number of furan rings is 1.